The lowest BCUT2D eigenvalue weighted by Crippen LogP contribution is -2.03. The maximum Gasteiger partial charge on any atom is 0.416 e. The number of fused-ring (bicyclic) bond motifs is 1. The normalized spacial score (nSPS) is 11.9. The van der Waals surface area contributed by atoms with Gasteiger partial charge in [0, 0.05) is 33.6 Å². The molecule has 0 spiro atoms. The van der Waals surface area contributed by atoms with Crippen molar-refractivity contribution in [2.45, 2.75) is 12.6 Å². The van der Waals surface area contributed by atoms with Crippen molar-refractivity contribution in [2.24, 2.45) is 0 Å². The molecule has 0 amide bonds. The zero-order chi connectivity index (χ0) is 17.5. The summed E-state index contributed by atoms with van der Waals surface area (Å²) >= 11 is 12.3. The lowest BCUT2D eigenvalue weighted by atomic mass is 10.1. The maximum atomic E-state index is 12.8. The Bertz CT molecular complexity index is 931. The van der Waals surface area contributed by atoms with Gasteiger partial charge in [0.05, 0.1) is 10.6 Å². The Morgan fingerprint density at radius 1 is 1.08 bits per heavy atom. The minimum absolute atomic E-state index is 0.243. The number of aromatic amines is 1. The SMILES string of the molecule is O=Cc1ccc(Cl)c(Cc2cc3cc(C(F)(F)F)ccc3[nH]2)c1Cl. The second-order valence-electron chi connectivity index (χ2n) is 5.32. The molecule has 0 saturated carbocycles. The van der Waals surface area contributed by atoms with Crippen LogP contribution in [0.1, 0.15) is 27.2 Å². The molecule has 0 aliphatic carbocycles. The highest BCUT2D eigenvalue weighted by molar-refractivity contribution is 6.37. The fourth-order valence-corrected chi connectivity index (χ4v) is 3.07. The van der Waals surface area contributed by atoms with Crippen LogP contribution < -0.4 is 0 Å². The molecule has 0 bridgehead atoms. The molecule has 1 N–H and O–H groups in total. The third kappa shape index (κ3) is 3.14. The number of halogens is 5. The van der Waals surface area contributed by atoms with E-state index in [2.05, 4.69) is 4.98 Å². The molecule has 124 valence electrons. The van der Waals surface area contributed by atoms with Crippen LogP contribution in [0.2, 0.25) is 10.0 Å². The van der Waals surface area contributed by atoms with Gasteiger partial charge in [0.15, 0.2) is 6.29 Å². The van der Waals surface area contributed by atoms with Crippen LogP contribution in [0.15, 0.2) is 36.4 Å². The maximum absolute atomic E-state index is 12.8. The van der Waals surface area contributed by atoms with Crippen molar-refractivity contribution in [3.8, 4) is 0 Å². The highest BCUT2D eigenvalue weighted by Crippen LogP contribution is 2.33. The zero-order valence-electron chi connectivity index (χ0n) is 12.0. The first kappa shape index (κ1) is 16.9. The van der Waals surface area contributed by atoms with Gasteiger partial charge < -0.3 is 4.98 Å². The number of H-pyrrole nitrogens is 1. The van der Waals surface area contributed by atoms with Gasteiger partial charge in [0.25, 0.3) is 0 Å². The number of carbonyl (C=O) groups is 1. The van der Waals surface area contributed by atoms with Gasteiger partial charge in [0.2, 0.25) is 0 Å². The van der Waals surface area contributed by atoms with Crippen molar-refractivity contribution in [3.05, 3.63) is 68.8 Å². The molecule has 3 aromatic rings. The van der Waals surface area contributed by atoms with E-state index < -0.39 is 11.7 Å². The van der Waals surface area contributed by atoms with Gasteiger partial charge in [-0.1, -0.05) is 23.2 Å². The molecule has 0 aliphatic heterocycles. The second kappa shape index (κ2) is 6.15. The predicted octanol–water partition coefficient (Wildman–Crippen LogP) is 5.90. The number of hydrogen-bond acceptors (Lipinski definition) is 1. The van der Waals surface area contributed by atoms with Crippen LogP contribution >= 0.6 is 23.2 Å². The number of alkyl halides is 3. The molecule has 0 radical (unpaired) electrons. The Morgan fingerprint density at radius 2 is 1.83 bits per heavy atom. The van der Waals surface area contributed by atoms with Crippen molar-refractivity contribution in [1.82, 2.24) is 4.98 Å². The molecule has 0 unspecified atom stereocenters. The number of aromatic nitrogens is 1. The van der Waals surface area contributed by atoms with E-state index in [1.165, 1.54) is 12.1 Å². The molecule has 24 heavy (non-hydrogen) atoms. The van der Waals surface area contributed by atoms with Gasteiger partial charge in [-0.3, -0.25) is 4.79 Å². The topological polar surface area (TPSA) is 32.9 Å². The molecule has 3 rings (SSSR count). The molecular weight excluding hydrogens is 362 g/mol. The number of hydrogen-bond donors (Lipinski definition) is 1. The summed E-state index contributed by atoms with van der Waals surface area (Å²) in [6, 6.07) is 8.19. The van der Waals surface area contributed by atoms with Gasteiger partial charge in [-0.2, -0.15) is 13.2 Å². The number of nitrogens with one attached hydrogen (secondary N) is 1. The number of rotatable bonds is 3. The third-order valence-electron chi connectivity index (χ3n) is 3.71. The van der Waals surface area contributed by atoms with E-state index in [0.717, 1.165) is 12.1 Å². The molecule has 0 atom stereocenters. The molecule has 0 saturated heterocycles. The van der Waals surface area contributed by atoms with Crippen LogP contribution in [-0.4, -0.2) is 11.3 Å². The molecule has 0 aliphatic rings. The van der Waals surface area contributed by atoms with Crippen molar-refractivity contribution >= 4 is 40.4 Å². The minimum Gasteiger partial charge on any atom is -0.358 e. The molecule has 0 fully saturated rings. The fourth-order valence-electron chi connectivity index (χ4n) is 2.52. The molecule has 1 aromatic heterocycles. The minimum atomic E-state index is -4.39. The van der Waals surface area contributed by atoms with E-state index in [1.807, 2.05) is 0 Å². The summed E-state index contributed by atoms with van der Waals surface area (Å²) in [4.78, 5) is 14.0. The third-order valence-corrected chi connectivity index (χ3v) is 4.51. The Kier molecular flexibility index (Phi) is 4.32. The number of aldehydes is 1. The number of carbonyl (C=O) groups excluding carboxylic acids is 1. The monoisotopic (exact) mass is 371 g/mol. The second-order valence-corrected chi connectivity index (χ2v) is 6.10. The quantitative estimate of drug-likeness (QED) is 0.571. The van der Waals surface area contributed by atoms with Crippen LogP contribution in [0.4, 0.5) is 13.2 Å². The average molecular weight is 372 g/mol. The first-order chi connectivity index (χ1) is 11.3. The lowest BCUT2D eigenvalue weighted by molar-refractivity contribution is -0.137. The van der Waals surface area contributed by atoms with E-state index in [-0.39, 0.29) is 11.4 Å². The Balaban J connectivity index is 2.01. The molecule has 2 nitrogen and oxygen atoms in total. The largest absolute Gasteiger partial charge is 0.416 e. The van der Waals surface area contributed by atoms with Crippen molar-refractivity contribution < 1.29 is 18.0 Å². The molecule has 7 heteroatoms. The van der Waals surface area contributed by atoms with Crippen molar-refractivity contribution in [3.63, 3.8) is 0 Å². The predicted molar refractivity (Wildman–Crippen MR) is 88.0 cm³/mol. The van der Waals surface area contributed by atoms with Gasteiger partial charge >= 0.3 is 6.18 Å². The van der Waals surface area contributed by atoms with E-state index in [9.17, 15) is 18.0 Å². The van der Waals surface area contributed by atoms with Gasteiger partial charge in [-0.15, -0.1) is 0 Å². The van der Waals surface area contributed by atoms with Gasteiger partial charge in [-0.05, 0) is 42.0 Å². The molecule has 2 aromatic carbocycles. The molecular formula is C17H10Cl2F3NO. The summed E-state index contributed by atoms with van der Waals surface area (Å²) in [6.07, 6.45) is -3.49. The van der Waals surface area contributed by atoms with Crippen LogP contribution in [0, 0.1) is 0 Å². The Labute approximate surface area is 145 Å². The van der Waals surface area contributed by atoms with E-state index in [0.29, 0.717) is 39.0 Å². The summed E-state index contributed by atoms with van der Waals surface area (Å²) in [6.45, 7) is 0. The zero-order valence-corrected chi connectivity index (χ0v) is 13.6. The van der Waals surface area contributed by atoms with E-state index in [1.54, 1.807) is 12.1 Å². The first-order valence-electron chi connectivity index (χ1n) is 6.90. The lowest BCUT2D eigenvalue weighted by Gasteiger charge is -2.07. The standard InChI is InChI=1S/C17H10Cl2F3NO/c18-14-3-1-9(8-24)16(19)13(14)7-12-6-10-5-11(17(20,21)22)2-4-15(10)23-12/h1-6,8,23H,7H2. The summed E-state index contributed by atoms with van der Waals surface area (Å²) in [7, 11) is 0. The van der Waals surface area contributed by atoms with Crippen LogP contribution in [0.25, 0.3) is 10.9 Å². The van der Waals surface area contributed by atoms with Crippen LogP contribution in [-0.2, 0) is 12.6 Å². The first-order valence-corrected chi connectivity index (χ1v) is 7.66. The van der Waals surface area contributed by atoms with Gasteiger partial charge in [-0.25, -0.2) is 0 Å². The van der Waals surface area contributed by atoms with Crippen LogP contribution in [0.3, 0.4) is 0 Å². The van der Waals surface area contributed by atoms with Crippen molar-refractivity contribution in [2.75, 3.05) is 0 Å². The summed E-state index contributed by atoms with van der Waals surface area (Å²) in [5, 5.41) is 1.07. The Morgan fingerprint density at radius 3 is 2.50 bits per heavy atom. The Hall–Kier alpha value is -1.98. The summed E-state index contributed by atoms with van der Waals surface area (Å²) in [5.41, 5.74) is 1.38. The van der Waals surface area contributed by atoms with Crippen LogP contribution in [0.5, 0.6) is 0 Å². The molecule has 1 heterocycles. The number of benzene rings is 2. The van der Waals surface area contributed by atoms with E-state index in [4.69, 9.17) is 23.2 Å². The summed E-state index contributed by atoms with van der Waals surface area (Å²) < 4.78 is 38.3. The highest BCUT2D eigenvalue weighted by atomic mass is 35.5. The highest BCUT2D eigenvalue weighted by Gasteiger charge is 2.30. The smallest absolute Gasteiger partial charge is 0.358 e. The fraction of sp³-hybridized carbons (Fsp3) is 0.118. The average Bonchev–Trinajstić information content (AvgIpc) is 2.92. The van der Waals surface area contributed by atoms with Crippen molar-refractivity contribution in [1.29, 1.82) is 0 Å². The van der Waals surface area contributed by atoms with Gasteiger partial charge in [0.1, 0.15) is 0 Å². The van der Waals surface area contributed by atoms with E-state index >= 15 is 0 Å². The summed E-state index contributed by atoms with van der Waals surface area (Å²) in [5.74, 6) is 0.